The molecule has 0 aliphatic carbocycles. The minimum absolute atomic E-state index is 0.298. The molecule has 0 unspecified atom stereocenters. The smallest absolute Gasteiger partial charge is 0.252 e. The average molecular weight is 274 g/mol. The highest BCUT2D eigenvalue weighted by Gasteiger charge is 2.15. The van der Waals surface area contributed by atoms with Crippen LogP contribution in [0.3, 0.4) is 0 Å². The summed E-state index contributed by atoms with van der Waals surface area (Å²) >= 11 is 0. The number of nitrogens with zero attached hydrogens (tertiary/aromatic N) is 3. The molecule has 1 saturated heterocycles. The summed E-state index contributed by atoms with van der Waals surface area (Å²) in [6.45, 7) is 2.43. The van der Waals surface area contributed by atoms with Crippen LogP contribution in [0.25, 0.3) is 0 Å². The van der Waals surface area contributed by atoms with E-state index in [0.29, 0.717) is 30.8 Å². The topological polar surface area (TPSA) is 73.1 Å². The minimum atomic E-state index is 0.298. The summed E-state index contributed by atoms with van der Waals surface area (Å²) in [5.41, 5.74) is 1.12. The number of ether oxygens (including phenoxy) is 1. The molecule has 2 aromatic rings. The lowest BCUT2D eigenvalue weighted by Crippen LogP contribution is -2.32. The van der Waals surface area contributed by atoms with Crippen LogP contribution >= 0.6 is 0 Å². The van der Waals surface area contributed by atoms with E-state index >= 15 is 0 Å². The van der Waals surface area contributed by atoms with Crippen LogP contribution in [-0.4, -0.2) is 34.3 Å². The minimum Gasteiger partial charge on any atom is -0.368 e. The van der Waals surface area contributed by atoms with Gasteiger partial charge in [-0.15, -0.1) is 0 Å². The molecular weight excluding hydrogens is 256 g/mol. The van der Waals surface area contributed by atoms with Gasteiger partial charge in [0.15, 0.2) is 5.82 Å². The molecule has 20 heavy (non-hydrogen) atoms. The molecule has 2 aromatic heterocycles. The molecular formula is C14H18N4O2. The van der Waals surface area contributed by atoms with Crippen molar-refractivity contribution in [1.29, 1.82) is 0 Å². The zero-order valence-electron chi connectivity index (χ0n) is 11.3. The third-order valence-corrected chi connectivity index (χ3v) is 3.35. The van der Waals surface area contributed by atoms with E-state index in [-0.39, 0.29) is 0 Å². The third kappa shape index (κ3) is 3.61. The Morgan fingerprint density at radius 3 is 2.85 bits per heavy atom. The highest BCUT2D eigenvalue weighted by molar-refractivity contribution is 5.14. The van der Waals surface area contributed by atoms with Crippen LogP contribution in [0, 0.1) is 0 Å². The Morgan fingerprint density at radius 2 is 2.05 bits per heavy atom. The maximum Gasteiger partial charge on any atom is 0.252 e. The highest BCUT2D eigenvalue weighted by atomic mass is 16.5. The van der Waals surface area contributed by atoms with Crippen molar-refractivity contribution in [2.75, 3.05) is 13.1 Å². The van der Waals surface area contributed by atoms with Gasteiger partial charge in [-0.05, 0) is 43.6 Å². The van der Waals surface area contributed by atoms with E-state index in [4.69, 9.17) is 9.26 Å². The van der Waals surface area contributed by atoms with E-state index in [0.717, 1.165) is 31.5 Å². The van der Waals surface area contributed by atoms with Crippen LogP contribution < -0.4 is 5.32 Å². The molecule has 3 rings (SSSR count). The fourth-order valence-electron chi connectivity index (χ4n) is 2.26. The number of pyridine rings is 1. The molecule has 1 aliphatic heterocycles. The lowest BCUT2D eigenvalue weighted by Gasteiger charge is -2.21. The fourth-order valence-corrected chi connectivity index (χ4v) is 2.26. The number of nitrogens with one attached hydrogen (secondary N) is 1. The second-order valence-corrected chi connectivity index (χ2v) is 4.90. The van der Waals surface area contributed by atoms with Crippen LogP contribution in [0.15, 0.2) is 29.0 Å². The molecule has 0 atom stereocenters. The molecule has 0 aromatic carbocycles. The average Bonchev–Trinajstić information content (AvgIpc) is 2.95. The molecule has 6 nitrogen and oxygen atoms in total. The molecule has 106 valence electrons. The van der Waals surface area contributed by atoms with Crippen molar-refractivity contribution < 1.29 is 9.26 Å². The molecule has 0 amide bonds. The largest absolute Gasteiger partial charge is 0.368 e. The molecule has 3 heterocycles. The molecule has 0 saturated carbocycles. The fraction of sp³-hybridized carbons (Fsp3) is 0.500. The number of piperidine rings is 1. The molecule has 0 bridgehead atoms. The summed E-state index contributed by atoms with van der Waals surface area (Å²) in [4.78, 5) is 8.34. The second-order valence-electron chi connectivity index (χ2n) is 4.90. The van der Waals surface area contributed by atoms with Crippen LogP contribution in [0.4, 0.5) is 0 Å². The van der Waals surface area contributed by atoms with E-state index in [1.54, 1.807) is 12.4 Å². The van der Waals surface area contributed by atoms with Gasteiger partial charge in [-0.25, -0.2) is 0 Å². The van der Waals surface area contributed by atoms with Crippen LogP contribution in [-0.2, 0) is 17.8 Å². The predicted octanol–water partition coefficient (Wildman–Crippen LogP) is 1.32. The monoisotopic (exact) mass is 274 g/mol. The van der Waals surface area contributed by atoms with Gasteiger partial charge in [0.2, 0.25) is 0 Å². The SMILES string of the molecule is c1cc(Cc2noc(COC3CCNCC3)n2)ccn1. The summed E-state index contributed by atoms with van der Waals surface area (Å²) in [5, 5.41) is 7.28. The molecule has 0 radical (unpaired) electrons. The van der Waals surface area contributed by atoms with Gasteiger partial charge in [0.1, 0.15) is 6.61 Å². The Kier molecular flexibility index (Phi) is 4.35. The summed E-state index contributed by atoms with van der Waals surface area (Å²) in [6, 6.07) is 3.89. The van der Waals surface area contributed by atoms with Gasteiger partial charge in [-0.3, -0.25) is 4.98 Å². The predicted molar refractivity (Wildman–Crippen MR) is 72.0 cm³/mol. The first-order valence-electron chi connectivity index (χ1n) is 6.93. The number of aromatic nitrogens is 3. The van der Waals surface area contributed by atoms with Gasteiger partial charge in [-0.1, -0.05) is 5.16 Å². The Balaban J connectivity index is 1.51. The lowest BCUT2D eigenvalue weighted by atomic mass is 10.1. The van der Waals surface area contributed by atoms with Gasteiger partial charge in [0.05, 0.1) is 6.10 Å². The van der Waals surface area contributed by atoms with Crippen molar-refractivity contribution in [3.63, 3.8) is 0 Å². The number of rotatable bonds is 5. The zero-order valence-corrected chi connectivity index (χ0v) is 11.3. The number of hydrogen-bond acceptors (Lipinski definition) is 6. The molecule has 6 heteroatoms. The first kappa shape index (κ1) is 13.2. The van der Waals surface area contributed by atoms with Crippen molar-refractivity contribution in [3.8, 4) is 0 Å². The van der Waals surface area contributed by atoms with E-state index in [1.807, 2.05) is 12.1 Å². The summed E-state index contributed by atoms with van der Waals surface area (Å²) in [6.07, 6.45) is 6.55. The maximum atomic E-state index is 5.79. The van der Waals surface area contributed by atoms with Crippen molar-refractivity contribution in [2.45, 2.75) is 32.0 Å². The van der Waals surface area contributed by atoms with Gasteiger partial charge in [0, 0.05) is 18.8 Å². The Hall–Kier alpha value is -1.79. The van der Waals surface area contributed by atoms with E-state index in [1.165, 1.54) is 0 Å². The quantitative estimate of drug-likeness (QED) is 0.886. The Bertz CT molecular complexity index is 523. The van der Waals surface area contributed by atoms with Gasteiger partial charge >= 0.3 is 0 Å². The van der Waals surface area contributed by atoms with Crippen molar-refractivity contribution in [3.05, 3.63) is 41.8 Å². The van der Waals surface area contributed by atoms with Crippen LogP contribution in [0.2, 0.25) is 0 Å². The van der Waals surface area contributed by atoms with E-state index in [2.05, 4.69) is 20.4 Å². The van der Waals surface area contributed by atoms with Crippen LogP contribution in [0.5, 0.6) is 0 Å². The lowest BCUT2D eigenvalue weighted by molar-refractivity contribution is 0.00859. The van der Waals surface area contributed by atoms with Crippen LogP contribution in [0.1, 0.15) is 30.1 Å². The van der Waals surface area contributed by atoms with E-state index in [9.17, 15) is 0 Å². The first-order chi connectivity index (χ1) is 9.90. The summed E-state index contributed by atoms with van der Waals surface area (Å²) in [5.74, 6) is 1.23. The van der Waals surface area contributed by atoms with Gasteiger partial charge < -0.3 is 14.6 Å². The third-order valence-electron chi connectivity index (χ3n) is 3.35. The normalized spacial score (nSPS) is 16.4. The highest BCUT2D eigenvalue weighted by Crippen LogP contribution is 2.11. The van der Waals surface area contributed by atoms with Crippen molar-refractivity contribution in [2.24, 2.45) is 0 Å². The summed E-state index contributed by atoms with van der Waals surface area (Å²) < 4.78 is 11.0. The van der Waals surface area contributed by atoms with Gasteiger partial charge in [-0.2, -0.15) is 4.98 Å². The standard InChI is InChI=1S/C14H18N4O2/c1-5-15-6-2-11(1)9-13-17-14(20-18-13)10-19-12-3-7-16-8-4-12/h1-2,5-6,12,16H,3-4,7-10H2. The number of hydrogen-bond donors (Lipinski definition) is 1. The Morgan fingerprint density at radius 1 is 1.25 bits per heavy atom. The van der Waals surface area contributed by atoms with Crippen molar-refractivity contribution >= 4 is 0 Å². The first-order valence-corrected chi connectivity index (χ1v) is 6.93. The molecule has 1 N–H and O–H groups in total. The maximum absolute atomic E-state index is 5.79. The van der Waals surface area contributed by atoms with E-state index < -0.39 is 0 Å². The Labute approximate surface area is 117 Å². The second kappa shape index (κ2) is 6.58. The molecule has 1 fully saturated rings. The molecule has 1 aliphatic rings. The van der Waals surface area contributed by atoms with Crippen molar-refractivity contribution in [1.82, 2.24) is 20.4 Å². The molecule has 0 spiro atoms. The zero-order chi connectivity index (χ0) is 13.6. The summed E-state index contributed by atoms with van der Waals surface area (Å²) in [7, 11) is 0. The van der Waals surface area contributed by atoms with Gasteiger partial charge in [0.25, 0.3) is 5.89 Å².